The fourth-order valence-corrected chi connectivity index (χ4v) is 2.09. The Labute approximate surface area is 102 Å². The summed E-state index contributed by atoms with van der Waals surface area (Å²) in [5.74, 6) is 0. The Kier molecular flexibility index (Phi) is 4.69. The molecule has 1 heterocycles. The number of halogens is 5. The van der Waals surface area contributed by atoms with Crippen LogP contribution in [0, 0.1) is 0 Å². The average molecular weight is 322 g/mol. The first kappa shape index (κ1) is 13.1. The summed E-state index contributed by atoms with van der Waals surface area (Å²) < 4.78 is 38.2. The molecule has 0 saturated carbocycles. The fourth-order valence-electron chi connectivity index (χ4n) is 0.671. The molecule has 1 aromatic heterocycles. The van der Waals surface area contributed by atoms with Crippen molar-refractivity contribution in [1.29, 1.82) is 0 Å². The monoisotopic (exact) mass is 320 g/mol. The minimum Gasteiger partial charge on any atom is -0.251 e. The molecule has 0 aliphatic carbocycles. The van der Waals surface area contributed by atoms with Crippen LogP contribution in [0.25, 0.3) is 0 Å². The molecule has 0 aromatic carbocycles. The molecule has 1 N–H and O–H groups in total. The Morgan fingerprint density at radius 2 is 2.20 bits per heavy atom. The lowest BCUT2D eigenvalue weighted by Crippen LogP contribution is -2.23. The number of hydrogen-bond donors (Lipinski definition) is 1. The molecule has 1 rings (SSSR count). The number of nitrogens with zero attached hydrogens (tertiary/aromatic N) is 1. The second-order valence-electron chi connectivity index (χ2n) is 2.48. The van der Waals surface area contributed by atoms with E-state index < -0.39 is 12.7 Å². The van der Waals surface area contributed by atoms with Crippen molar-refractivity contribution >= 4 is 39.5 Å². The van der Waals surface area contributed by atoms with Crippen molar-refractivity contribution in [3.63, 3.8) is 0 Å². The molecule has 0 saturated heterocycles. The van der Waals surface area contributed by atoms with Crippen molar-refractivity contribution in [2.45, 2.75) is 11.1 Å². The summed E-state index contributed by atoms with van der Waals surface area (Å²) in [7, 11) is 0. The van der Waals surface area contributed by atoms with Crippen LogP contribution in [0.4, 0.5) is 13.2 Å². The van der Waals surface area contributed by atoms with Gasteiger partial charge >= 0.3 is 6.18 Å². The number of nitrogens with one attached hydrogen (secondary N) is 1. The van der Waals surface area contributed by atoms with E-state index in [1.807, 2.05) is 0 Å². The predicted octanol–water partition coefficient (Wildman–Crippen LogP) is 3.66. The Hall–Kier alpha value is 0.0200. The van der Waals surface area contributed by atoms with Crippen LogP contribution >= 0.6 is 39.5 Å². The topological polar surface area (TPSA) is 24.9 Å². The summed E-state index contributed by atoms with van der Waals surface area (Å²) >= 11 is 9.61. The molecule has 0 amide bonds. The van der Waals surface area contributed by atoms with Crippen molar-refractivity contribution in [2.75, 3.05) is 6.54 Å². The molecule has 0 aliphatic heterocycles. The van der Waals surface area contributed by atoms with E-state index in [4.69, 9.17) is 11.6 Å². The highest BCUT2D eigenvalue weighted by Crippen LogP contribution is 2.26. The molecule has 0 bridgehead atoms. The van der Waals surface area contributed by atoms with Gasteiger partial charge in [-0.3, -0.25) is 4.72 Å². The summed E-state index contributed by atoms with van der Waals surface area (Å²) in [6, 6.07) is 1.59. The number of alkyl halides is 3. The number of rotatable bonds is 3. The maximum Gasteiger partial charge on any atom is 0.402 e. The average Bonchev–Trinajstić information content (AvgIpc) is 2.09. The van der Waals surface area contributed by atoms with Crippen LogP contribution in [0.5, 0.6) is 0 Å². The summed E-state index contributed by atoms with van der Waals surface area (Å²) in [5.41, 5.74) is 0. The Morgan fingerprint density at radius 1 is 1.53 bits per heavy atom. The molecular weight excluding hydrogens is 317 g/mol. The quantitative estimate of drug-likeness (QED) is 0.679. The lowest BCUT2D eigenvalue weighted by atomic mass is 10.5. The van der Waals surface area contributed by atoms with Gasteiger partial charge in [-0.15, -0.1) is 0 Å². The third-order valence-corrected chi connectivity index (χ3v) is 2.89. The van der Waals surface area contributed by atoms with Crippen LogP contribution < -0.4 is 4.72 Å². The zero-order valence-electron chi connectivity index (χ0n) is 7.11. The first-order valence-electron chi connectivity index (χ1n) is 3.66. The zero-order chi connectivity index (χ0) is 11.5. The molecule has 1 aromatic rings. The van der Waals surface area contributed by atoms with Crippen molar-refractivity contribution in [3.05, 3.63) is 21.9 Å². The number of aromatic nitrogens is 1. The van der Waals surface area contributed by atoms with E-state index in [-0.39, 0.29) is 5.15 Å². The molecule has 0 aliphatic rings. The van der Waals surface area contributed by atoms with Crippen molar-refractivity contribution in [3.8, 4) is 0 Å². The largest absolute Gasteiger partial charge is 0.402 e. The van der Waals surface area contributed by atoms with Crippen LogP contribution in [-0.4, -0.2) is 17.7 Å². The van der Waals surface area contributed by atoms with Crippen LogP contribution in [-0.2, 0) is 0 Å². The van der Waals surface area contributed by atoms with E-state index in [1.165, 1.54) is 6.20 Å². The number of hydrogen-bond acceptors (Lipinski definition) is 3. The smallest absolute Gasteiger partial charge is 0.251 e. The number of pyridine rings is 1. The summed E-state index contributed by atoms with van der Waals surface area (Å²) in [4.78, 5) is 4.21. The third-order valence-electron chi connectivity index (χ3n) is 1.23. The van der Waals surface area contributed by atoms with Gasteiger partial charge in [0.15, 0.2) is 0 Å². The zero-order valence-corrected chi connectivity index (χ0v) is 10.3. The normalized spacial score (nSPS) is 11.8. The van der Waals surface area contributed by atoms with Crippen LogP contribution in [0.15, 0.2) is 21.6 Å². The van der Waals surface area contributed by atoms with Gasteiger partial charge in [-0.1, -0.05) is 11.6 Å². The predicted molar refractivity (Wildman–Crippen MR) is 56.9 cm³/mol. The molecule has 0 spiro atoms. The summed E-state index contributed by atoms with van der Waals surface area (Å²) in [6.07, 6.45) is -2.77. The van der Waals surface area contributed by atoms with Crippen LogP contribution in [0.2, 0.25) is 5.15 Å². The Morgan fingerprint density at radius 3 is 2.80 bits per heavy atom. The third kappa shape index (κ3) is 5.05. The van der Waals surface area contributed by atoms with E-state index in [0.29, 0.717) is 9.37 Å². The lowest BCUT2D eigenvalue weighted by Gasteiger charge is -2.08. The molecule has 84 valence electrons. The molecule has 0 unspecified atom stereocenters. The molecule has 0 radical (unpaired) electrons. The van der Waals surface area contributed by atoms with Gasteiger partial charge in [0.25, 0.3) is 0 Å². The van der Waals surface area contributed by atoms with Crippen LogP contribution in [0.1, 0.15) is 0 Å². The summed E-state index contributed by atoms with van der Waals surface area (Å²) in [5, 5.41) is 0.165. The maximum absolute atomic E-state index is 11.8. The van der Waals surface area contributed by atoms with Crippen molar-refractivity contribution in [1.82, 2.24) is 9.71 Å². The van der Waals surface area contributed by atoms with Gasteiger partial charge < -0.3 is 0 Å². The highest BCUT2D eigenvalue weighted by molar-refractivity contribution is 9.10. The molecular formula is C7H5BrClF3N2S. The SMILES string of the molecule is FC(F)(F)CNSc1cc(Br)cnc1Cl. The van der Waals surface area contributed by atoms with Gasteiger partial charge in [0.2, 0.25) is 0 Å². The van der Waals surface area contributed by atoms with Gasteiger partial charge in [0.05, 0.1) is 4.90 Å². The second kappa shape index (κ2) is 5.38. The Balaban J connectivity index is 2.54. The molecule has 15 heavy (non-hydrogen) atoms. The minimum atomic E-state index is -4.24. The van der Waals surface area contributed by atoms with E-state index in [2.05, 4.69) is 25.6 Å². The minimum absolute atomic E-state index is 0.165. The van der Waals surface area contributed by atoms with Gasteiger partial charge in [0, 0.05) is 10.7 Å². The highest BCUT2D eigenvalue weighted by Gasteiger charge is 2.26. The first-order valence-corrected chi connectivity index (χ1v) is 5.65. The molecule has 0 fully saturated rings. The molecule has 2 nitrogen and oxygen atoms in total. The van der Waals surface area contributed by atoms with Crippen LogP contribution in [0.3, 0.4) is 0 Å². The van der Waals surface area contributed by atoms with E-state index in [1.54, 1.807) is 6.07 Å². The van der Waals surface area contributed by atoms with Gasteiger partial charge in [-0.2, -0.15) is 13.2 Å². The highest BCUT2D eigenvalue weighted by atomic mass is 79.9. The summed E-state index contributed by atoms with van der Waals surface area (Å²) in [6.45, 7) is -1.08. The van der Waals surface area contributed by atoms with E-state index >= 15 is 0 Å². The second-order valence-corrected chi connectivity index (χ2v) is 4.69. The van der Waals surface area contributed by atoms with Gasteiger partial charge in [-0.05, 0) is 33.9 Å². The van der Waals surface area contributed by atoms with Crippen molar-refractivity contribution < 1.29 is 13.2 Å². The molecule has 8 heteroatoms. The van der Waals surface area contributed by atoms with Gasteiger partial charge in [0.1, 0.15) is 11.7 Å². The van der Waals surface area contributed by atoms with E-state index in [0.717, 1.165) is 11.9 Å². The maximum atomic E-state index is 11.8. The standard InChI is InChI=1S/C7H5BrClF3N2S/c8-4-1-5(6(9)13-2-4)15-14-3-7(10,11)12/h1-2,14H,3H2. The lowest BCUT2D eigenvalue weighted by molar-refractivity contribution is -0.120. The fraction of sp³-hybridized carbons (Fsp3) is 0.286. The Bertz CT molecular complexity index is 347. The van der Waals surface area contributed by atoms with Gasteiger partial charge in [-0.25, -0.2) is 4.98 Å². The van der Waals surface area contributed by atoms with E-state index in [9.17, 15) is 13.2 Å². The van der Waals surface area contributed by atoms with Crippen molar-refractivity contribution in [2.24, 2.45) is 0 Å². The molecule has 0 atom stereocenters. The first-order chi connectivity index (χ1) is 6.88.